The van der Waals surface area contributed by atoms with E-state index in [-0.39, 0.29) is 24.5 Å². The first kappa shape index (κ1) is 29.9. The topological polar surface area (TPSA) is 188 Å². The lowest BCUT2D eigenvalue weighted by molar-refractivity contribution is -0.142. The van der Waals surface area contributed by atoms with Crippen molar-refractivity contribution in [2.45, 2.75) is 63.7 Å². The van der Waals surface area contributed by atoms with Crippen molar-refractivity contribution >= 4 is 42.3 Å². The van der Waals surface area contributed by atoms with Gasteiger partial charge in [0.15, 0.2) is 0 Å². The largest absolute Gasteiger partial charge is 0.481 e. The maximum absolute atomic E-state index is 12.8. The van der Waals surface area contributed by atoms with Gasteiger partial charge in [0.2, 0.25) is 17.7 Å². The minimum atomic E-state index is -1.26. The molecule has 11 nitrogen and oxygen atoms in total. The molecule has 0 spiro atoms. The highest BCUT2D eigenvalue weighted by Gasteiger charge is 2.30. The quantitative estimate of drug-likeness (QED) is 0.160. The van der Waals surface area contributed by atoms with Crippen LogP contribution in [0.2, 0.25) is 0 Å². The smallest absolute Gasteiger partial charge is 0.326 e. The van der Waals surface area contributed by atoms with E-state index in [1.165, 1.54) is 0 Å². The molecular weight excluding hydrogens is 476 g/mol. The zero-order valence-corrected chi connectivity index (χ0v) is 20.7. The van der Waals surface area contributed by atoms with E-state index in [2.05, 4.69) is 28.6 Å². The Labute approximate surface area is 209 Å². The van der Waals surface area contributed by atoms with Crippen LogP contribution in [0.5, 0.6) is 0 Å². The molecule has 35 heavy (non-hydrogen) atoms. The van der Waals surface area contributed by atoms with Gasteiger partial charge in [-0.3, -0.25) is 19.2 Å². The molecule has 1 rings (SSSR count). The van der Waals surface area contributed by atoms with Crippen LogP contribution in [0, 0.1) is 5.92 Å². The number of aliphatic carboxylic acids is 2. The molecule has 4 atom stereocenters. The molecule has 0 aliphatic carbocycles. The molecule has 0 fully saturated rings. The molecule has 1 aromatic rings. The number of hydrogen-bond donors (Lipinski definition) is 7. The van der Waals surface area contributed by atoms with E-state index in [1.807, 2.05) is 13.8 Å². The maximum Gasteiger partial charge on any atom is 0.326 e. The number of carbonyl (C=O) groups excluding carboxylic acids is 3. The number of thiol groups is 1. The minimum Gasteiger partial charge on any atom is -0.481 e. The average molecular weight is 511 g/mol. The third-order valence-electron chi connectivity index (χ3n) is 5.05. The number of benzene rings is 1. The van der Waals surface area contributed by atoms with Crippen LogP contribution in [0.4, 0.5) is 0 Å². The molecule has 0 aromatic heterocycles. The van der Waals surface area contributed by atoms with E-state index < -0.39 is 60.2 Å². The molecule has 4 unspecified atom stereocenters. The number of carbonyl (C=O) groups is 5. The number of nitrogens with one attached hydrogen (secondary N) is 3. The van der Waals surface area contributed by atoms with Gasteiger partial charge in [-0.15, -0.1) is 0 Å². The van der Waals surface area contributed by atoms with E-state index in [9.17, 15) is 29.1 Å². The molecule has 1 aromatic carbocycles. The van der Waals surface area contributed by atoms with Gasteiger partial charge >= 0.3 is 11.9 Å². The second kappa shape index (κ2) is 15.0. The van der Waals surface area contributed by atoms with Crippen molar-refractivity contribution in [3.05, 3.63) is 35.9 Å². The highest BCUT2D eigenvalue weighted by atomic mass is 32.1. The van der Waals surface area contributed by atoms with Crippen LogP contribution in [-0.4, -0.2) is 69.8 Å². The third kappa shape index (κ3) is 11.2. The van der Waals surface area contributed by atoms with Crippen LogP contribution in [0.3, 0.4) is 0 Å². The van der Waals surface area contributed by atoms with Gasteiger partial charge in [-0.1, -0.05) is 44.2 Å². The fourth-order valence-corrected chi connectivity index (χ4v) is 3.48. The third-order valence-corrected chi connectivity index (χ3v) is 5.42. The molecule has 0 radical (unpaired) electrons. The molecule has 0 aliphatic rings. The molecule has 0 saturated carbocycles. The lowest BCUT2D eigenvalue weighted by atomic mass is 10.0. The lowest BCUT2D eigenvalue weighted by Crippen LogP contribution is -2.58. The summed E-state index contributed by atoms with van der Waals surface area (Å²) in [5, 5.41) is 25.8. The summed E-state index contributed by atoms with van der Waals surface area (Å²) in [5.41, 5.74) is 6.55. The Morgan fingerprint density at radius 1 is 0.886 bits per heavy atom. The average Bonchev–Trinajstić information content (AvgIpc) is 2.79. The van der Waals surface area contributed by atoms with Gasteiger partial charge in [0, 0.05) is 18.6 Å². The van der Waals surface area contributed by atoms with E-state index in [1.54, 1.807) is 30.3 Å². The zero-order valence-electron chi connectivity index (χ0n) is 19.8. The van der Waals surface area contributed by atoms with E-state index >= 15 is 0 Å². The van der Waals surface area contributed by atoms with Crippen molar-refractivity contribution < 1.29 is 34.2 Å². The van der Waals surface area contributed by atoms with Crippen molar-refractivity contribution in [1.29, 1.82) is 0 Å². The van der Waals surface area contributed by atoms with E-state index in [0.717, 1.165) is 0 Å². The molecule has 194 valence electrons. The first-order valence-electron chi connectivity index (χ1n) is 11.2. The number of nitrogens with two attached hydrogens (primary N) is 1. The minimum absolute atomic E-state index is 0.0280. The Bertz CT molecular complexity index is 882. The Morgan fingerprint density at radius 3 is 1.94 bits per heavy atom. The fraction of sp³-hybridized carbons (Fsp3) is 0.522. The van der Waals surface area contributed by atoms with Gasteiger partial charge in [0.05, 0.1) is 6.04 Å². The zero-order chi connectivity index (χ0) is 26.5. The summed E-state index contributed by atoms with van der Waals surface area (Å²) in [6.07, 6.45) is -0.249. The Morgan fingerprint density at radius 2 is 1.43 bits per heavy atom. The van der Waals surface area contributed by atoms with Crippen LogP contribution in [0.15, 0.2) is 30.3 Å². The SMILES string of the molecule is CC(C)CC(N)C(=O)NC(CCC(=O)O)C(=O)NC(CS)C(=O)NC(Cc1ccccc1)C(=O)O. The van der Waals surface area contributed by atoms with Crippen LogP contribution in [-0.2, 0) is 30.4 Å². The molecule has 7 N–H and O–H groups in total. The van der Waals surface area contributed by atoms with Gasteiger partial charge in [-0.05, 0) is 24.3 Å². The monoisotopic (exact) mass is 510 g/mol. The number of hydrogen-bond acceptors (Lipinski definition) is 7. The summed E-state index contributed by atoms with van der Waals surface area (Å²) >= 11 is 4.07. The Hall–Kier alpha value is -3.12. The van der Waals surface area contributed by atoms with Crippen LogP contribution < -0.4 is 21.7 Å². The Kier molecular flexibility index (Phi) is 12.8. The molecule has 0 aliphatic heterocycles. The highest BCUT2D eigenvalue weighted by Crippen LogP contribution is 2.07. The number of amides is 3. The van der Waals surface area contributed by atoms with Crippen LogP contribution in [0.1, 0.15) is 38.7 Å². The van der Waals surface area contributed by atoms with Gasteiger partial charge in [0.25, 0.3) is 0 Å². The van der Waals surface area contributed by atoms with Crippen molar-refractivity contribution in [1.82, 2.24) is 16.0 Å². The normalized spacial score (nSPS) is 14.3. The molecule has 0 bridgehead atoms. The fourth-order valence-electron chi connectivity index (χ4n) is 3.22. The predicted octanol–water partition coefficient (Wildman–Crippen LogP) is -0.0639. The van der Waals surface area contributed by atoms with Crippen LogP contribution >= 0.6 is 12.6 Å². The second-order valence-corrected chi connectivity index (χ2v) is 8.93. The molecule has 12 heteroatoms. The van der Waals surface area contributed by atoms with Crippen molar-refractivity contribution in [3.63, 3.8) is 0 Å². The van der Waals surface area contributed by atoms with Gasteiger partial charge in [-0.2, -0.15) is 12.6 Å². The number of carboxylic acid groups (broad SMARTS) is 2. The van der Waals surface area contributed by atoms with Gasteiger partial charge in [0.1, 0.15) is 18.1 Å². The summed E-state index contributed by atoms with van der Waals surface area (Å²) in [6.45, 7) is 3.75. The second-order valence-electron chi connectivity index (χ2n) is 8.56. The first-order chi connectivity index (χ1) is 16.4. The highest BCUT2D eigenvalue weighted by molar-refractivity contribution is 7.80. The predicted molar refractivity (Wildman–Crippen MR) is 132 cm³/mol. The summed E-state index contributed by atoms with van der Waals surface area (Å²) in [6, 6.07) is 4.08. The summed E-state index contributed by atoms with van der Waals surface area (Å²) in [4.78, 5) is 60.6. The first-order valence-corrected chi connectivity index (χ1v) is 11.8. The van der Waals surface area contributed by atoms with E-state index in [4.69, 9.17) is 10.8 Å². The van der Waals surface area contributed by atoms with Gasteiger partial charge in [-0.25, -0.2) is 4.79 Å². The Balaban J connectivity index is 2.89. The molecule has 3 amide bonds. The van der Waals surface area contributed by atoms with Crippen molar-refractivity contribution in [2.75, 3.05) is 5.75 Å². The molecule has 0 heterocycles. The molecular formula is C23H34N4O7S. The summed E-state index contributed by atoms with van der Waals surface area (Å²) in [5.74, 6) is -4.67. The van der Waals surface area contributed by atoms with Crippen LogP contribution in [0.25, 0.3) is 0 Å². The molecule has 0 saturated heterocycles. The summed E-state index contributed by atoms with van der Waals surface area (Å²) < 4.78 is 0. The van der Waals surface area contributed by atoms with Crippen molar-refractivity contribution in [3.8, 4) is 0 Å². The number of rotatable bonds is 15. The standard InChI is InChI=1S/C23H34N4O7S/c1-13(2)10-15(24)20(30)25-16(8-9-19(28)29)21(31)27-18(12-35)22(32)26-17(23(33)34)11-14-6-4-3-5-7-14/h3-7,13,15-18,35H,8-12,24H2,1-2H3,(H,25,30)(H,26,32)(H,27,31)(H,28,29)(H,33,34). The lowest BCUT2D eigenvalue weighted by Gasteiger charge is -2.24. The van der Waals surface area contributed by atoms with Gasteiger partial charge < -0.3 is 31.9 Å². The van der Waals surface area contributed by atoms with E-state index in [0.29, 0.717) is 12.0 Å². The summed E-state index contributed by atoms with van der Waals surface area (Å²) in [7, 11) is 0. The van der Waals surface area contributed by atoms with Crippen molar-refractivity contribution in [2.24, 2.45) is 11.7 Å². The number of carboxylic acids is 2. The maximum atomic E-state index is 12.8.